The van der Waals surface area contributed by atoms with Crippen molar-refractivity contribution in [2.75, 3.05) is 5.33 Å². The maximum Gasteiger partial charge on any atom is 0.244 e. The molecule has 0 radical (unpaired) electrons. The molecule has 0 saturated heterocycles. The van der Waals surface area contributed by atoms with Crippen molar-refractivity contribution < 1.29 is 13.2 Å². The van der Waals surface area contributed by atoms with Crippen molar-refractivity contribution in [3.8, 4) is 0 Å². The van der Waals surface area contributed by atoms with Crippen LogP contribution in [0.1, 0.15) is 36.7 Å². The van der Waals surface area contributed by atoms with Gasteiger partial charge in [-0.05, 0) is 32.4 Å². The van der Waals surface area contributed by atoms with E-state index in [1.54, 1.807) is 12.1 Å². The number of sulfonamides is 1. The molecular weight excluding hydrogens is 330 g/mol. The number of carbonyl (C=O) groups excluding carboxylic acids is 1. The van der Waals surface area contributed by atoms with Crippen molar-refractivity contribution >= 4 is 31.7 Å². The second-order valence-electron chi connectivity index (χ2n) is 5.56. The van der Waals surface area contributed by atoms with Crippen LogP contribution in [0.2, 0.25) is 0 Å². The Balaban J connectivity index is 2.54. The van der Waals surface area contributed by atoms with Gasteiger partial charge in [-0.3, -0.25) is 4.79 Å². The van der Waals surface area contributed by atoms with E-state index in [-0.39, 0.29) is 16.0 Å². The lowest BCUT2D eigenvalue weighted by Crippen LogP contribution is -2.41. The van der Waals surface area contributed by atoms with Gasteiger partial charge in [-0.1, -0.05) is 28.1 Å². The predicted molar refractivity (Wildman–Crippen MR) is 77.0 cm³/mol. The van der Waals surface area contributed by atoms with Gasteiger partial charge in [0.15, 0.2) is 5.78 Å². The Morgan fingerprint density at radius 2 is 2.00 bits per heavy atom. The van der Waals surface area contributed by atoms with Gasteiger partial charge in [-0.2, -0.15) is 4.31 Å². The van der Waals surface area contributed by atoms with E-state index < -0.39 is 15.6 Å². The molecule has 0 saturated carbocycles. The van der Waals surface area contributed by atoms with Crippen LogP contribution in [-0.4, -0.2) is 29.4 Å². The van der Waals surface area contributed by atoms with Gasteiger partial charge in [0.25, 0.3) is 0 Å². The number of halogens is 1. The van der Waals surface area contributed by atoms with E-state index in [9.17, 15) is 13.2 Å². The van der Waals surface area contributed by atoms with Gasteiger partial charge in [-0.25, -0.2) is 8.42 Å². The van der Waals surface area contributed by atoms with E-state index in [1.807, 2.05) is 20.8 Å². The second kappa shape index (κ2) is 4.68. The lowest BCUT2D eigenvalue weighted by atomic mass is 10.1. The van der Waals surface area contributed by atoms with Crippen LogP contribution in [0.5, 0.6) is 0 Å². The number of nitrogens with zero attached hydrogens (tertiary/aromatic N) is 1. The van der Waals surface area contributed by atoms with Gasteiger partial charge in [0.2, 0.25) is 10.0 Å². The van der Waals surface area contributed by atoms with Crippen LogP contribution in [0.25, 0.3) is 0 Å². The third-order valence-corrected chi connectivity index (χ3v) is 5.84. The van der Waals surface area contributed by atoms with E-state index in [2.05, 4.69) is 15.9 Å². The van der Waals surface area contributed by atoms with Gasteiger partial charge in [0, 0.05) is 17.6 Å². The molecule has 1 aromatic carbocycles. The Kier molecular flexibility index (Phi) is 3.62. The van der Waals surface area contributed by atoms with Crippen molar-refractivity contribution in [2.24, 2.45) is 0 Å². The fourth-order valence-electron chi connectivity index (χ4n) is 2.13. The summed E-state index contributed by atoms with van der Waals surface area (Å²) in [5.41, 5.74) is 0.702. The number of carbonyl (C=O) groups is 1. The van der Waals surface area contributed by atoms with Crippen molar-refractivity contribution in [1.82, 2.24) is 4.31 Å². The third kappa shape index (κ3) is 2.49. The minimum absolute atomic E-state index is 0.118. The third-order valence-electron chi connectivity index (χ3n) is 3.14. The number of hydrogen-bond acceptors (Lipinski definition) is 3. The Morgan fingerprint density at radius 1 is 1.37 bits per heavy atom. The highest BCUT2D eigenvalue weighted by Gasteiger charge is 2.41. The van der Waals surface area contributed by atoms with Gasteiger partial charge < -0.3 is 0 Å². The van der Waals surface area contributed by atoms with E-state index in [1.165, 1.54) is 10.4 Å². The monoisotopic (exact) mass is 345 g/mol. The van der Waals surface area contributed by atoms with Gasteiger partial charge in [0.1, 0.15) is 0 Å². The van der Waals surface area contributed by atoms with Crippen LogP contribution in [0.15, 0.2) is 23.1 Å². The summed E-state index contributed by atoms with van der Waals surface area (Å²) >= 11 is 3.09. The Hall–Kier alpha value is -0.720. The minimum atomic E-state index is -3.50. The average Bonchev–Trinajstić information content (AvgIpc) is 2.59. The van der Waals surface area contributed by atoms with Crippen LogP contribution < -0.4 is 0 Å². The van der Waals surface area contributed by atoms with Crippen molar-refractivity contribution in [3.63, 3.8) is 0 Å². The first-order valence-corrected chi connectivity index (χ1v) is 8.49. The Labute approximate surface area is 122 Å². The summed E-state index contributed by atoms with van der Waals surface area (Å²) in [5, 5.41) is 0.189. The SMILES string of the molecule is CC(C)(C)N1Cc2ccc(C(=O)CBr)cc2S1(=O)=O. The minimum Gasteiger partial charge on any atom is -0.293 e. The van der Waals surface area contributed by atoms with Crippen molar-refractivity contribution in [3.05, 3.63) is 29.3 Å². The molecule has 1 aromatic rings. The number of rotatable bonds is 2. The molecule has 6 heteroatoms. The lowest BCUT2D eigenvalue weighted by Gasteiger charge is -2.29. The fourth-order valence-corrected chi connectivity index (χ4v) is 4.46. The highest BCUT2D eigenvalue weighted by atomic mass is 79.9. The van der Waals surface area contributed by atoms with E-state index in [0.717, 1.165) is 5.56 Å². The fraction of sp³-hybridized carbons (Fsp3) is 0.462. The Bertz CT molecular complexity index is 632. The molecule has 0 atom stereocenters. The topological polar surface area (TPSA) is 54.5 Å². The molecule has 0 unspecified atom stereocenters. The number of fused-ring (bicyclic) bond motifs is 1. The van der Waals surface area contributed by atoms with E-state index >= 15 is 0 Å². The van der Waals surface area contributed by atoms with E-state index in [0.29, 0.717) is 12.1 Å². The first-order valence-electron chi connectivity index (χ1n) is 5.93. The molecule has 0 N–H and O–H groups in total. The second-order valence-corrected chi connectivity index (χ2v) is 7.95. The molecule has 4 nitrogen and oxygen atoms in total. The van der Waals surface area contributed by atoms with Crippen LogP contribution in [-0.2, 0) is 16.6 Å². The lowest BCUT2D eigenvalue weighted by molar-refractivity contribution is 0.102. The van der Waals surface area contributed by atoms with Crippen molar-refractivity contribution in [2.45, 2.75) is 37.8 Å². The standard InChI is InChI=1S/C13H16BrNO3S/c1-13(2,3)15-8-10-5-4-9(11(16)7-14)6-12(10)19(15,17)18/h4-6H,7-8H2,1-3H3. The molecule has 0 spiro atoms. The molecule has 1 aliphatic rings. The maximum atomic E-state index is 12.5. The van der Waals surface area contributed by atoms with Gasteiger partial charge in [0.05, 0.1) is 10.2 Å². The number of hydrogen-bond donors (Lipinski definition) is 0. The van der Waals surface area contributed by atoms with E-state index in [4.69, 9.17) is 0 Å². The quantitative estimate of drug-likeness (QED) is 0.611. The van der Waals surface area contributed by atoms with Gasteiger partial charge in [-0.15, -0.1) is 0 Å². The molecule has 1 aliphatic heterocycles. The zero-order valence-electron chi connectivity index (χ0n) is 11.1. The molecule has 0 bridgehead atoms. The molecular formula is C13H16BrNO3S. The molecule has 2 rings (SSSR count). The number of ketones is 1. The zero-order chi connectivity index (χ0) is 14.4. The van der Waals surface area contributed by atoms with Crippen molar-refractivity contribution in [1.29, 1.82) is 0 Å². The first kappa shape index (κ1) is 14.7. The number of alkyl halides is 1. The largest absolute Gasteiger partial charge is 0.293 e. The molecule has 104 valence electrons. The zero-order valence-corrected chi connectivity index (χ0v) is 13.5. The smallest absolute Gasteiger partial charge is 0.244 e. The van der Waals surface area contributed by atoms with Crippen LogP contribution >= 0.6 is 15.9 Å². The average molecular weight is 346 g/mol. The number of benzene rings is 1. The highest BCUT2D eigenvalue weighted by molar-refractivity contribution is 9.09. The predicted octanol–water partition coefficient (Wildman–Crippen LogP) is 2.57. The molecule has 0 fully saturated rings. The van der Waals surface area contributed by atoms with Crippen LogP contribution in [0.4, 0.5) is 0 Å². The molecule has 1 heterocycles. The van der Waals surface area contributed by atoms with Crippen LogP contribution in [0.3, 0.4) is 0 Å². The summed E-state index contributed by atoms with van der Waals surface area (Å²) in [6, 6.07) is 4.90. The first-order chi connectivity index (χ1) is 8.67. The van der Waals surface area contributed by atoms with Gasteiger partial charge >= 0.3 is 0 Å². The highest BCUT2D eigenvalue weighted by Crippen LogP contribution is 2.36. The molecule has 0 amide bonds. The summed E-state index contributed by atoms with van der Waals surface area (Å²) in [4.78, 5) is 11.9. The molecule has 0 aliphatic carbocycles. The summed E-state index contributed by atoms with van der Waals surface area (Å²) in [5.74, 6) is -0.118. The maximum absolute atomic E-state index is 12.5. The number of Topliss-reactive ketones (excluding diaryl/α,β-unsaturated/α-hetero) is 1. The molecule has 0 aromatic heterocycles. The van der Waals surface area contributed by atoms with Crippen LogP contribution in [0, 0.1) is 0 Å². The molecule has 19 heavy (non-hydrogen) atoms. The summed E-state index contributed by atoms with van der Waals surface area (Å²) in [6.45, 7) is 5.95. The summed E-state index contributed by atoms with van der Waals surface area (Å²) < 4.78 is 26.5. The summed E-state index contributed by atoms with van der Waals surface area (Å²) in [6.07, 6.45) is 0. The Morgan fingerprint density at radius 3 is 2.53 bits per heavy atom. The summed E-state index contributed by atoms with van der Waals surface area (Å²) in [7, 11) is -3.50. The normalized spacial score (nSPS) is 18.3.